The number of rotatable bonds is 3. The maximum Gasteiger partial charge on any atom is 0.225 e. The van der Waals surface area contributed by atoms with Crippen molar-refractivity contribution in [1.82, 2.24) is 9.97 Å². The highest BCUT2D eigenvalue weighted by Crippen LogP contribution is 2.35. The molecule has 0 radical (unpaired) electrons. The Kier molecular flexibility index (Phi) is 4.36. The van der Waals surface area contributed by atoms with Gasteiger partial charge in [-0.05, 0) is 48.8 Å². The van der Waals surface area contributed by atoms with E-state index in [9.17, 15) is 0 Å². The third-order valence-corrected chi connectivity index (χ3v) is 5.87. The van der Waals surface area contributed by atoms with E-state index in [1.165, 1.54) is 23.1 Å². The summed E-state index contributed by atoms with van der Waals surface area (Å²) >= 11 is 7.87. The molecule has 1 aliphatic heterocycles. The second-order valence-corrected chi connectivity index (χ2v) is 7.62. The summed E-state index contributed by atoms with van der Waals surface area (Å²) in [5.41, 5.74) is 0. The van der Waals surface area contributed by atoms with Gasteiger partial charge in [0.25, 0.3) is 0 Å². The summed E-state index contributed by atoms with van der Waals surface area (Å²) < 4.78 is 0. The van der Waals surface area contributed by atoms with Gasteiger partial charge in [0, 0.05) is 18.0 Å². The molecule has 0 aliphatic carbocycles. The van der Waals surface area contributed by atoms with E-state index in [4.69, 9.17) is 11.6 Å². The summed E-state index contributed by atoms with van der Waals surface area (Å²) in [4.78, 5) is 13.7. The minimum Gasteiger partial charge on any atom is -0.356 e. The summed E-state index contributed by atoms with van der Waals surface area (Å²) in [5.74, 6) is 2.64. The zero-order valence-corrected chi connectivity index (χ0v) is 14.5. The quantitative estimate of drug-likeness (QED) is 0.761. The van der Waals surface area contributed by atoms with Gasteiger partial charge in [0.1, 0.15) is 10.6 Å². The summed E-state index contributed by atoms with van der Waals surface area (Å²) in [6.45, 7) is 8.97. The predicted octanol–water partition coefficient (Wildman–Crippen LogP) is 4.78. The molecule has 3 heterocycles. The molecule has 0 unspecified atom stereocenters. The molecule has 1 aliphatic rings. The second kappa shape index (κ2) is 6.09. The lowest BCUT2D eigenvalue weighted by atomic mass is 9.87. The summed E-state index contributed by atoms with van der Waals surface area (Å²) in [6.07, 6.45) is 3.52. The molecule has 1 saturated heterocycles. The number of nitrogens with zero attached hydrogens (tertiary/aromatic N) is 3. The number of hydrogen-bond acceptors (Lipinski definition) is 4. The lowest BCUT2D eigenvalue weighted by molar-refractivity contribution is 0.311. The van der Waals surface area contributed by atoms with Gasteiger partial charge in [0.05, 0.1) is 5.39 Å². The molecule has 0 bridgehead atoms. The third-order valence-electron chi connectivity index (χ3n) is 4.53. The van der Waals surface area contributed by atoms with Gasteiger partial charge in [-0.3, -0.25) is 0 Å². The fourth-order valence-electron chi connectivity index (χ4n) is 3.12. The molecule has 0 spiro atoms. The smallest absolute Gasteiger partial charge is 0.225 e. The lowest BCUT2D eigenvalue weighted by Gasteiger charge is -2.34. The van der Waals surface area contributed by atoms with Crippen molar-refractivity contribution in [2.24, 2.45) is 11.8 Å². The van der Waals surface area contributed by atoms with E-state index >= 15 is 0 Å². The standard InChI is InChI=1S/C16H22ClN3S/c1-4-12-9-13-14(18-16(17)19-15(13)21-12)20-7-5-11(6-8-20)10(2)3/h9-11H,4-8H2,1-3H3. The molecule has 114 valence electrons. The Morgan fingerprint density at radius 3 is 2.67 bits per heavy atom. The van der Waals surface area contributed by atoms with E-state index in [2.05, 4.69) is 41.7 Å². The van der Waals surface area contributed by atoms with Crippen molar-refractivity contribution in [2.45, 2.75) is 40.0 Å². The van der Waals surface area contributed by atoms with Crippen LogP contribution in [0.2, 0.25) is 5.28 Å². The topological polar surface area (TPSA) is 29.0 Å². The number of piperidine rings is 1. The molecule has 1 fully saturated rings. The first kappa shape index (κ1) is 15.0. The van der Waals surface area contributed by atoms with Gasteiger partial charge in [-0.15, -0.1) is 11.3 Å². The Morgan fingerprint density at radius 1 is 1.33 bits per heavy atom. The van der Waals surface area contributed by atoms with Crippen molar-refractivity contribution >= 4 is 39.0 Å². The van der Waals surface area contributed by atoms with E-state index in [0.29, 0.717) is 5.28 Å². The number of anilines is 1. The average Bonchev–Trinajstić information content (AvgIpc) is 2.89. The van der Waals surface area contributed by atoms with E-state index < -0.39 is 0 Å². The van der Waals surface area contributed by atoms with Crippen molar-refractivity contribution in [3.8, 4) is 0 Å². The van der Waals surface area contributed by atoms with Gasteiger partial charge in [-0.1, -0.05) is 20.8 Å². The number of thiophene rings is 1. The first-order valence-corrected chi connectivity index (χ1v) is 8.98. The molecular weight excluding hydrogens is 302 g/mol. The van der Waals surface area contributed by atoms with Crippen LogP contribution in [0.5, 0.6) is 0 Å². The number of fused-ring (bicyclic) bond motifs is 1. The van der Waals surface area contributed by atoms with Gasteiger partial charge in [0.15, 0.2) is 0 Å². The molecule has 3 rings (SSSR count). The molecule has 0 amide bonds. The van der Waals surface area contributed by atoms with Crippen LogP contribution in [0.3, 0.4) is 0 Å². The van der Waals surface area contributed by atoms with Crippen LogP contribution in [0.4, 0.5) is 5.82 Å². The van der Waals surface area contributed by atoms with Crippen LogP contribution >= 0.6 is 22.9 Å². The zero-order chi connectivity index (χ0) is 15.0. The van der Waals surface area contributed by atoms with Crippen molar-refractivity contribution < 1.29 is 0 Å². The molecule has 0 atom stereocenters. The third kappa shape index (κ3) is 3.02. The van der Waals surface area contributed by atoms with Crippen molar-refractivity contribution in [1.29, 1.82) is 0 Å². The number of aromatic nitrogens is 2. The predicted molar refractivity (Wildman–Crippen MR) is 91.6 cm³/mol. The molecule has 2 aromatic heterocycles. The zero-order valence-electron chi connectivity index (χ0n) is 12.9. The maximum absolute atomic E-state index is 6.13. The molecule has 0 aromatic carbocycles. The summed E-state index contributed by atoms with van der Waals surface area (Å²) in [6, 6.07) is 2.24. The molecule has 2 aromatic rings. The number of aryl methyl sites for hydroxylation is 1. The Balaban J connectivity index is 1.91. The lowest BCUT2D eigenvalue weighted by Crippen LogP contribution is -2.35. The van der Waals surface area contributed by atoms with Crippen LogP contribution in [0.1, 0.15) is 38.5 Å². The minimum atomic E-state index is 0.369. The van der Waals surface area contributed by atoms with E-state index in [1.807, 2.05) is 0 Å². The van der Waals surface area contributed by atoms with E-state index in [-0.39, 0.29) is 0 Å². The van der Waals surface area contributed by atoms with Crippen LogP contribution < -0.4 is 4.90 Å². The van der Waals surface area contributed by atoms with Gasteiger partial charge < -0.3 is 4.90 Å². The molecule has 5 heteroatoms. The van der Waals surface area contributed by atoms with Crippen molar-refractivity contribution in [2.75, 3.05) is 18.0 Å². The number of hydrogen-bond donors (Lipinski definition) is 0. The Labute approximate surface area is 135 Å². The SMILES string of the molecule is CCc1cc2c(N3CCC(C(C)C)CC3)nc(Cl)nc2s1. The van der Waals surface area contributed by atoms with Gasteiger partial charge in [0.2, 0.25) is 5.28 Å². The molecule has 21 heavy (non-hydrogen) atoms. The Morgan fingerprint density at radius 2 is 2.05 bits per heavy atom. The molecule has 0 N–H and O–H groups in total. The van der Waals surface area contributed by atoms with Crippen LogP contribution in [-0.4, -0.2) is 23.1 Å². The van der Waals surface area contributed by atoms with Gasteiger partial charge in [-0.2, -0.15) is 4.98 Å². The van der Waals surface area contributed by atoms with Gasteiger partial charge >= 0.3 is 0 Å². The minimum absolute atomic E-state index is 0.369. The highest BCUT2D eigenvalue weighted by molar-refractivity contribution is 7.18. The van der Waals surface area contributed by atoms with Crippen LogP contribution in [0.25, 0.3) is 10.2 Å². The van der Waals surface area contributed by atoms with Crippen LogP contribution in [0.15, 0.2) is 6.07 Å². The van der Waals surface area contributed by atoms with Crippen LogP contribution in [0, 0.1) is 11.8 Å². The van der Waals surface area contributed by atoms with Crippen LogP contribution in [-0.2, 0) is 6.42 Å². The van der Waals surface area contributed by atoms with E-state index in [1.54, 1.807) is 11.3 Å². The van der Waals surface area contributed by atoms with Crippen molar-refractivity contribution in [3.05, 3.63) is 16.2 Å². The monoisotopic (exact) mass is 323 g/mol. The highest BCUT2D eigenvalue weighted by Gasteiger charge is 2.24. The summed E-state index contributed by atoms with van der Waals surface area (Å²) in [7, 11) is 0. The first-order valence-electron chi connectivity index (χ1n) is 7.79. The fraction of sp³-hybridized carbons (Fsp3) is 0.625. The normalized spacial score (nSPS) is 17.1. The fourth-order valence-corrected chi connectivity index (χ4v) is 4.30. The Hall–Kier alpha value is -0.870. The highest BCUT2D eigenvalue weighted by atomic mass is 35.5. The first-order chi connectivity index (χ1) is 10.1. The largest absolute Gasteiger partial charge is 0.356 e. The maximum atomic E-state index is 6.13. The van der Waals surface area contributed by atoms with E-state index in [0.717, 1.165) is 42.0 Å². The molecule has 0 saturated carbocycles. The Bertz CT molecular complexity index is 630. The molecule has 3 nitrogen and oxygen atoms in total. The second-order valence-electron chi connectivity index (χ2n) is 6.17. The average molecular weight is 324 g/mol. The number of halogens is 1. The van der Waals surface area contributed by atoms with Crippen molar-refractivity contribution in [3.63, 3.8) is 0 Å². The summed E-state index contributed by atoms with van der Waals surface area (Å²) in [5, 5.41) is 1.54. The van der Waals surface area contributed by atoms with Gasteiger partial charge in [-0.25, -0.2) is 4.98 Å². The molecular formula is C16H22ClN3S.